The van der Waals surface area contributed by atoms with Crippen LogP contribution in [0.25, 0.3) is 16.7 Å². The highest BCUT2D eigenvalue weighted by Crippen LogP contribution is 2.25. The van der Waals surface area contributed by atoms with E-state index in [4.69, 9.17) is 0 Å². The maximum atomic E-state index is 14.0. The van der Waals surface area contributed by atoms with Crippen molar-refractivity contribution < 1.29 is 4.39 Å². The number of anilines is 2. The van der Waals surface area contributed by atoms with Gasteiger partial charge in [0.25, 0.3) is 0 Å². The summed E-state index contributed by atoms with van der Waals surface area (Å²) in [7, 11) is 0. The third kappa shape index (κ3) is 2.84. The molecule has 4 rings (SSSR count). The second-order valence-corrected chi connectivity index (χ2v) is 5.98. The molecule has 0 spiro atoms. The first-order chi connectivity index (χ1) is 12.6. The molecule has 0 saturated heterocycles. The van der Waals surface area contributed by atoms with E-state index in [2.05, 4.69) is 10.3 Å². The first-order valence-electron chi connectivity index (χ1n) is 8.24. The fourth-order valence-electron chi connectivity index (χ4n) is 2.90. The smallest absolute Gasteiger partial charge is 0.193 e. The molecule has 4 nitrogen and oxygen atoms in total. The number of nitrogens with one attached hydrogen (secondary N) is 1. The highest BCUT2D eigenvalue weighted by atomic mass is 19.1. The van der Waals surface area contributed by atoms with E-state index in [9.17, 15) is 9.18 Å². The van der Waals surface area contributed by atoms with Gasteiger partial charge in [0.1, 0.15) is 17.3 Å². The molecule has 0 bridgehead atoms. The standard InChI is InChI=1S/C21H16FN3O/c1-14-18(22)12-17-19(26)13-20(24-15-8-4-2-5-9-15)25(21(17)23-14)16-10-6-3-7-11-16/h2-13,24H,1H3. The summed E-state index contributed by atoms with van der Waals surface area (Å²) in [4.78, 5) is 16.9. The largest absolute Gasteiger partial charge is 0.341 e. The molecule has 0 aliphatic rings. The Hall–Kier alpha value is -3.47. The normalized spacial score (nSPS) is 10.8. The van der Waals surface area contributed by atoms with Gasteiger partial charge in [0, 0.05) is 17.4 Å². The molecule has 1 N–H and O–H groups in total. The average Bonchev–Trinajstić information content (AvgIpc) is 2.65. The molecule has 0 aliphatic heterocycles. The van der Waals surface area contributed by atoms with Crippen LogP contribution in [0.1, 0.15) is 5.69 Å². The molecule has 2 aromatic carbocycles. The summed E-state index contributed by atoms with van der Waals surface area (Å²) in [6.45, 7) is 1.59. The van der Waals surface area contributed by atoms with Crippen molar-refractivity contribution in [2.75, 3.05) is 5.32 Å². The van der Waals surface area contributed by atoms with Crippen molar-refractivity contribution in [2.24, 2.45) is 0 Å². The topological polar surface area (TPSA) is 46.9 Å². The van der Waals surface area contributed by atoms with Gasteiger partial charge < -0.3 is 5.32 Å². The monoisotopic (exact) mass is 345 g/mol. The van der Waals surface area contributed by atoms with Gasteiger partial charge in [0.05, 0.1) is 11.1 Å². The molecule has 0 atom stereocenters. The van der Waals surface area contributed by atoms with Crippen LogP contribution in [0.2, 0.25) is 0 Å². The zero-order valence-corrected chi connectivity index (χ0v) is 14.1. The molecule has 2 aromatic heterocycles. The quantitative estimate of drug-likeness (QED) is 0.591. The number of aromatic nitrogens is 2. The Balaban J connectivity index is 2.04. The highest BCUT2D eigenvalue weighted by molar-refractivity contribution is 5.81. The Labute approximate surface area is 149 Å². The molecule has 0 saturated carbocycles. The Bertz CT molecular complexity index is 1140. The van der Waals surface area contributed by atoms with Gasteiger partial charge in [-0.2, -0.15) is 0 Å². The lowest BCUT2D eigenvalue weighted by Crippen LogP contribution is -2.14. The number of aryl methyl sites for hydroxylation is 1. The zero-order chi connectivity index (χ0) is 18.1. The minimum Gasteiger partial charge on any atom is -0.341 e. The van der Waals surface area contributed by atoms with Crippen molar-refractivity contribution in [3.63, 3.8) is 0 Å². The predicted molar refractivity (Wildman–Crippen MR) is 102 cm³/mol. The van der Waals surface area contributed by atoms with Gasteiger partial charge in [-0.1, -0.05) is 36.4 Å². The molecule has 0 amide bonds. The number of fused-ring (bicyclic) bond motifs is 1. The molecule has 0 radical (unpaired) electrons. The van der Waals surface area contributed by atoms with Crippen LogP contribution in [-0.4, -0.2) is 9.55 Å². The number of hydrogen-bond acceptors (Lipinski definition) is 3. The lowest BCUT2D eigenvalue weighted by atomic mass is 10.2. The molecule has 5 heteroatoms. The maximum absolute atomic E-state index is 14.0. The van der Waals surface area contributed by atoms with Crippen LogP contribution in [0.15, 0.2) is 77.6 Å². The maximum Gasteiger partial charge on any atom is 0.193 e. The third-order valence-corrected chi connectivity index (χ3v) is 4.18. The summed E-state index contributed by atoms with van der Waals surface area (Å²) in [6.07, 6.45) is 0. The van der Waals surface area contributed by atoms with Gasteiger partial charge in [-0.3, -0.25) is 9.36 Å². The lowest BCUT2D eigenvalue weighted by Gasteiger charge is -2.18. The van der Waals surface area contributed by atoms with Crippen molar-refractivity contribution in [1.82, 2.24) is 9.55 Å². The van der Waals surface area contributed by atoms with Gasteiger partial charge in [0.2, 0.25) is 0 Å². The second kappa shape index (κ2) is 6.44. The van der Waals surface area contributed by atoms with Crippen LogP contribution in [0.4, 0.5) is 15.9 Å². The van der Waals surface area contributed by atoms with Gasteiger partial charge >= 0.3 is 0 Å². The molecule has 4 aromatic rings. The van der Waals surface area contributed by atoms with Crippen molar-refractivity contribution >= 4 is 22.5 Å². The first-order valence-corrected chi connectivity index (χ1v) is 8.24. The van der Waals surface area contributed by atoms with E-state index in [0.717, 1.165) is 11.4 Å². The van der Waals surface area contributed by atoms with Crippen LogP contribution >= 0.6 is 0 Å². The number of hydrogen-bond donors (Lipinski definition) is 1. The van der Waals surface area contributed by atoms with Crippen molar-refractivity contribution in [1.29, 1.82) is 0 Å². The molecule has 26 heavy (non-hydrogen) atoms. The molecule has 2 heterocycles. The minimum absolute atomic E-state index is 0.246. The lowest BCUT2D eigenvalue weighted by molar-refractivity contribution is 0.612. The SMILES string of the molecule is Cc1nc2c(cc1F)c(=O)cc(Nc1ccccc1)n2-c1ccccc1. The van der Waals surface area contributed by atoms with E-state index in [1.54, 1.807) is 6.92 Å². The van der Waals surface area contributed by atoms with Crippen LogP contribution in [0.3, 0.4) is 0 Å². The van der Waals surface area contributed by atoms with Crippen molar-refractivity contribution in [3.05, 3.63) is 94.5 Å². The van der Waals surface area contributed by atoms with Gasteiger partial charge in [-0.25, -0.2) is 9.37 Å². The Morgan fingerprint density at radius 2 is 1.62 bits per heavy atom. The summed E-state index contributed by atoms with van der Waals surface area (Å²) in [5, 5.41) is 3.51. The van der Waals surface area contributed by atoms with E-state index in [1.807, 2.05) is 65.2 Å². The van der Waals surface area contributed by atoms with E-state index in [1.165, 1.54) is 12.1 Å². The first kappa shape index (κ1) is 16.0. The minimum atomic E-state index is -0.488. The van der Waals surface area contributed by atoms with Crippen molar-refractivity contribution in [2.45, 2.75) is 6.92 Å². The number of para-hydroxylation sites is 2. The average molecular weight is 345 g/mol. The number of pyridine rings is 2. The van der Waals surface area contributed by atoms with Crippen LogP contribution in [0, 0.1) is 12.7 Å². The Morgan fingerprint density at radius 3 is 2.31 bits per heavy atom. The van der Waals surface area contributed by atoms with Crippen LogP contribution in [-0.2, 0) is 0 Å². The number of nitrogens with zero attached hydrogens (tertiary/aromatic N) is 2. The summed E-state index contributed by atoms with van der Waals surface area (Å²) in [6, 6.07) is 21.8. The molecule has 0 unspecified atom stereocenters. The van der Waals surface area contributed by atoms with Gasteiger partial charge in [-0.15, -0.1) is 0 Å². The van der Waals surface area contributed by atoms with Crippen LogP contribution < -0.4 is 10.7 Å². The molecule has 0 fully saturated rings. The summed E-state index contributed by atoms with van der Waals surface area (Å²) in [5.41, 5.74) is 2.06. The predicted octanol–water partition coefficient (Wildman–Crippen LogP) is 4.58. The summed E-state index contributed by atoms with van der Waals surface area (Å²) >= 11 is 0. The molecular weight excluding hydrogens is 329 g/mol. The van der Waals surface area contributed by atoms with Gasteiger partial charge in [-0.05, 0) is 37.3 Å². The summed E-state index contributed by atoms with van der Waals surface area (Å²) < 4.78 is 15.8. The van der Waals surface area contributed by atoms with E-state index >= 15 is 0 Å². The number of rotatable bonds is 3. The van der Waals surface area contributed by atoms with Crippen molar-refractivity contribution in [3.8, 4) is 5.69 Å². The Morgan fingerprint density at radius 1 is 0.962 bits per heavy atom. The fraction of sp³-hybridized carbons (Fsp3) is 0.0476. The molecular formula is C21H16FN3O. The Kier molecular flexibility index (Phi) is 3.97. The van der Waals surface area contributed by atoms with Gasteiger partial charge in [0.15, 0.2) is 5.43 Å². The fourth-order valence-corrected chi connectivity index (χ4v) is 2.90. The highest BCUT2D eigenvalue weighted by Gasteiger charge is 2.14. The third-order valence-electron chi connectivity index (χ3n) is 4.18. The summed E-state index contributed by atoms with van der Waals surface area (Å²) in [5.74, 6) is 0.0800. The van der Waals surface area contributed by atoms with Crippen LogP contribution in [0.5, 0.6) is 0 Å². The zero-order valence-electron chi connectivity index (χ0n) is 14.1. The molecule has 0 aliphatic carbocycles. The number of halogens is 1. The van der Waals surface area contributed by atoms with E-state index in [-0.39, 0.29) is 16.5 Å². The van der Waals surface area contributed by atoms with E-state index < -0.39 is 5.82 Å². The number of benzene rings is 2. The van der Waals surface area contributed by atoms with E-state index in [0.29, 0.717) is 11.5 Å². The second-order valence-electron chi connectivity index (χ2n) is 5.98. The molecule has 128 valence electrons.